The number of azide groups is 1. The number of aromatic amines is 1. The van der Waals surface area contributed by atoms with Gasteiger partial charge >= 0.3 is 6.09 Å². The van der Waals surface area contributed by atoms with Crippen molar-refractivity contribution < 1.29 is 19.1 Å². The Hall–Kier alpha value is -4.89. The van der Waals surface area contributed by atoms with Gasteiger partial charge in [-0.05, 0) is 102 Å². The minimum Gasteiger partial charge on any atom is -0.443 e. The van der Waals surface area contributed by atoms with Gasteiger partial charge in [0, 0.05) is 65.5 Å². The third-order valence-corrected chi connectivity index (χ3v) is 10.7. The first-order chi connectivity index (χ1) is 31.8. The molecule has 69 heavy (non-hydrogen) atoms. The van der Waals surface area contributed by atoms with Crippen LogP contribution in [0.2, 0.25) is 30.1 Å². The number of terminal acetylenes is 1. The monoisotopic (exact) mass is 1090 g/mol. The summed E-state index contributed by atoms with van der Waals surface area (Å²) in [6.07, 6.45) is 20.6. The number of anilines is 2. The zero-order valence-corrected chi connectivity index (χ0v) is 43.1. The van der Waals surface area contributed by atoms with E-state index in [2.05, 4.69) is 46.5 Å². The predicted molar refractivity (Wildman–Crippen MR) is 280 cm³/mol. The van der Waals surface area contributed by atoms with E-state index >= 15 is 0 Å². The van der Waals surface area contributed by atoms with Gasteiger partial charge in [-0.3, -0.25) is 14.3 Å². The lowest BCUT2D eigenvalue weighted by atomic mass is 10.1. The zero-order chi connectivity index (χ0) is 49.5. The van der Waals surface area contributed by atoms with Crippen LogP contribution in [0.15, 0.2) is 48.0 Å². The van der Waals surface area contributed by atoms with Gasteiger partial charge in [-0.25, -0.2) is 19.3 Å². The van der Waals surface area contributed by atoms with Crippen molar-refractivity contribution in [2.45, 2.75) is 117 Å². The Bertz CT molecular complexity index is 2460. The summed E-state index contributed by atoms with van der Waals surface area (Å²) in [4.78, 5) is 49.8. The molecule has 24 heteroatoms. The molecule has 2 aromatic carbocycles. The van der Waals surface area contributed by atoms with E-state index in [0.29, 0.717) is 40.9 Å². The SMILES string of the molecule is C.C#CCCCCCc1cn(C(=O)OC(C)(C)C)c(N)n1.Cl.Nc1ncc(CCCCCc2cn(CCCC(=O)c3c(Cl)cc(Cl)cc3Cl)nn2)[nH]1.[N-]=[N+]=NCCNC(=O)c1c(Cl)cc(Cl)cc1Cl. The quantitative estimate of drug-likeness (QED) is 0.0143. The van der Waals surface area contributed by atoms with Crippen molar-refractivity contribution in [2.24, 2.45) is 5.11 Å². The summed E-state index contributed by atoms with van der Waals surface area (Å²) in [5, 5.41) is 15.8. The summed E-state index contributed by atoms with van der Waals surface area (Å²) < 4.78 is 8.27. The average Bonchev–Trinajstić information content (AvgIpc) is 3.98. The number of benzene rings is 2. The normalized spacial score (nSPS) is 10.4. The number of ether oxygens (including phenoxy) is 1. The molecule has 0 atom stereocenters. The Labute approximate surface area is 439 Å². The Morgan fingerprint density at radius 3 is 2.01 bits per heavy atom. The number of amides is 1. The highest BCUT2D eigenvalue weighted by atomic mass is 35.5. The Balaban J connectivity index is 0.000000537. The number of carbonyl (C=O) groups excluding carboxylic acids is 3. The van der Waals surface area contributed by atoms with Crippen LogP contribution in [-0.4, -0.2) is 71.0 Å². The summed E-state index contributed by atoms with van der Waals surface area (Å²) >= 11 is 35.5. The van der Waals surface area contributed by atoms with E-state index in [1.807, 2.05) is 27.0 Å². The number of hydrogen-bond donors (Lipinski definition) is 4. The molecule has 0 spiro atoms. The van der Waals surface area contributed by atoms with Crippen molar-refractivity contribution in [2.75, 3.05) is 24.6 Å². The fraction of sp³-hybridized carbons (Fsp3) is 0.444. The molecule has 0 radical (unpaired) electrons. The highest BCUT2D eigenvalue weighted by Gasteiger charge is 2.21. The lowest BCUT2D eigenvalue weighted by Gasteiger charge is -2.19. The van der Waals surface area contributed by atoms with Gasteiger partial charge in [0.05, 0.1) is 48.8 Å². The number of aromatic nitrogens is 7. The number of nitrogens with zero attached hydrogens (tertiary/aromatic N) is 9. The molecule has 5 aromatic rings. The number of unbranched alkanes of at least 4 members (excludes halogenated alkanes) is 5. The fourth-order valence-corrected chi connectivity index (χ4v) is 8.06. The van der Waals surface area contributed by atoms with Crippen LogP contribution in [0.25, 0.3) is 10.4 Å². The minimum absolute atomic E-state index is 0. The van der Waals surface area contributed by atoms with Gasteiger partial charge in [-0.15, -0.1) is 29.8 Å². The molecule has 0 saturated heterocycles. The van der Waals surface area contributed by atoms with Gasteiger partial charge in [0.1, 0.15) is 5.60 Å². The van der Waals surface area contributed by atoms with Crippen LogP contribution in [0.3, 0.4) is 0 Å². The number of carbonyl (C=O) groups is 3. The van der Waals surface area contributed by atoms with Gasteiger partial charge in [0.25, 0.3) is 5.91 Å². The van der Waals surface area contributed by atoms with Gasteiger partial charge in [-0.1, -0.05) is 100 Å². The number of Topliss-reactive ketones (excluding diaryl/α,β-unsaturated/α-hetero) is 1. The van der Waals surface area contributed by atoms with Crippen molar-refractivity contribution in [3.05, 3.63) is 112 Å². The zero-order valence-electron chi connectivity index (χ0n) is 37.7. The number of hydrogen-bond acceptors (Lipinski definition) is 11. The van der Waals surface area contributed by atoms with Crippen molar-refractivity contribution in [1.29, 1.82) is 0 Å². The van der Waals surface area contributed by atoms with Crippen LogP contribution >= 0.6 is 82.0 Å². The van der Waals surface area contributed by atoms with Gasteiger partial charge < -0.3 is 26.5 Å². The fourth-order valence-electron chi connectivity index (χ4n) is 6.04. The van der Waals surface area contributed by atoms with Crippen LogP contribution in [-0.2, 0) is 30.5 Å². The Kier molecular flexibility index (Phi) is 28.9. The first-order valence-electron chi connectivity index (χ1n) is 21.1. The summed E-state index contributed by atoms with van der Waals surface area (Å²) in [7, 11) is 0. The van der Waals surface area contributed by atoms with Crippen molar-refractivity contribution >= 4 is 112 Å². The minimum atomic E-state index is -0.552. The molecule has 6 N–H and O–H groups in total. The van der Waals surface area contributed by atoms with Crippen molar-refractivity contribution in [1.82, 2.24) is 39.8 Å². The second-order valence-corrected chi connectivity index (χ2v) is 18.3. The van der Waals surface area contributed by atoms with Crippen LogP contribution in [0, 0.1) is 12.3 Å². The molecule has 5 rings (SSSR count). The van der Waals surface area contributed by atoms with E-state index < -0.39 is 17.6 Å². The lowest BCUT2D eigenvalue weighted by Crippen LogP contribution is -2.27. The maximum Gasteiger partial charge on any atom is 0.421 e. The Morgan fingerprint density at radius 1 is 0.870 bits per heavy atom. The third kappa shape index (κ3) is 23.1. The first kappa shape index (κ1) is 62.1. The van der Waals surface area contributed by atoms with Crippen LogP contribution in [0.1, 0.15) is 124 Å². The van der Waals surface area contributed by atoms with E-state index in [4.69, 9.17) is 97.8 Å². The van der Waals surface area contributed by atoms with E-state index in [9.17, 15) is 14.4 Å². The molecule has 0 aliphatic carbocycles. The number of aryl methyl sites for hydroxylation is 4. The topological polar surface area (TPSA) is 250 Å². The number of nitrogens with two attached hydrogens (primary N) is 2. The number of nitrogen functional groups attached to an aromatic ring is 2. The highest BCUT2D eigenvalue weighted by molar-refractivity contribution is 6.43. The van der Waals surface area contributed by atoms with Gasteiger partial charge in [-0.2, -0.15) is 0 Å². The molecule has 1 amide bonds. The number of imidazole rings is 2. The number of halogens is 7. The van der Waals surface area contributed by atoms with E-state index in [1.54, 1.807) is 17.1 Å². The molecule has 17 nitrogen and oxygen atoms in total. The second kappa shape index (κ2) is 32.1. The second-order valence-electron chi connectivity index (χ2n) is 15.8. The maximum absolute atomic E-state index is 12.4. The summed E-state index contributed by atoms with van der Waals surface area (Å²) in [5.41, 5.74) is 22.1. The molecule has 376 valence electrons. The van der Waals surface area contributed by atoms with E-state index in [1.165, 1.54) is 28.8 Å². The number of nitrogens with one attached hydrogen (secondary N) is 2. The average molecular weight is 1090 g/mol. The molecule has 3 heterocycles. The molecular formula is C45H58Cl7N13O4. The third-order valence-electron chi connectivity index (χ3n) is 9.11. The standard InChI is InChI=1S/C20H23Cl3N6O.C15H23N3O2.C9H7Cl3N4O.CH4.ClH/c21-13-9-16(22)19(17(23)10-13)18(30)7-4-8-29-12-15(27-28-29)6-3-1-2-5-14-11-25-20(24)26-14;1-5-6-7-8-9-10-12-11-18(13(16)17-12)14(19)20-15(2,3)4;10-5-3-6(11)8(7(12)4-5)9(17)14-1-2-15-16-13;;/h9-12H,1-8H2,(H3,24,25,26);1,11H,6-10H2,2-4H3,(H2,16,17);3-4H,1-2H2,(H,14,17);1H4;1H. The number of H-pyrrole nitrogens is 1. The van der Waals surface area contributed by atoms with Crippen molar-refractivity contribution in [3.8, 4) is 12.3 Å². The van der Waals surface area contributed by atoms with Gasteiger partial charge in [0.15, 0.2) is 11.7 Å². The predicted octanol–water partition coefficient (Wildman–Crippen LogP) is 12.9. The molecular weight excluding hydrogens is 1030 g/mol. The van der Waals surface area contributed by atoms with Gasteiger partial charge in [0.2, 0.25) is 5.95 Å². The molecule has 0 saturated carbocycles. The summed E-state index contributed by atoms with van der Waals surface area (Å²) in [6, 6.07) is 5.90. The number of ketones is 1. The van der Waals surface area contributed by atoms with E-state index in [0.717, 1.165) is 81.3 Å². The lowest BCUT2D eigenvalue weighted by molar-refractivity contribution is 0.0540. The largest absolute Gasteiger partial charge is 0.443 e. The molecule has 0 unspecified atom stereocenters. The van der Waals surface area contributed by atoms with Crippen molar-refractivity contribution in [3.63, 3.8) is 0 Å². The van der Waals surface area contributed by atoms with Crippen LogP contribution < -0.4 is 16.8 Å². The molecule has 0 fully saturated rings. The van der Waals surface area contributed by atoms with E-state index in [-0.39, 0.29) is 70.3 Å². The summed E-state index contributed by atoms with van der Waals surface area (Å²) in [5.74, 6) is 2.69. The van der Waals surface area contributed by atoms with Crippen LogP contribution in [0.5, 0.6) is 0 Å². The highest BCUT2D eigenvalue weighted by Crippen LogP contribution is 2.31. The molecule has 0 bridgehead atoms. The van der Waals surface area contributed by atoms with Crippen LogP contribution in [0.4, 0.5) is 16.7 Å². The summed E-state index contributed by atoms with van der Waals surface area (Å²) in [6.45, 7) is 6.39. The first-order valence-corrected chi connectivity index (χ1v) is 23.4. The molecule has 3 aromatic heterocycles. The maximum atomic E-state index is 12.4. The molecule has 0 aliphatic heterocycles. The smallest absolute Gasteiger partial charge is 0.421 e. The molecule has 0 aliphatic rings. The number of rotatable bonds is 20. The Morgan fingerprint density at radius 2 is 1.45 bits per heavy atom.